The number of hydrogen-bond donors (Lipinski definition) is 3. The van der Waals surface area contributed by atoms with Crippen molar-refractivity contribution in [2.75, 3.05) is 11.9 Å². The van der Waals surface area contributed by atoms with Crippen LogP contribution in [0.1, 0.15) is 35.7 Å². The summed E-state index contributed by atoms with van der Waals surface area (Å²) in [5.74, 6) is 0.246. The molecule has 2 rings (SSSR count). The molecule has 3 N–H and O–H groups in total. The Morgan fingerprint density at radius 2 is 2.10 bits per heavy atom. The summed E-state index contributed by atoms with van der Waals surface area (Å²) < 4.78 is 0. The minimum atomic E-state index is -0.992. The van der Waals surface area contributed by atoms with E-state index >= 15 is 0 Å². The van der Waals surface area contributed by atoms with Crippen molar-refractivity contribution in [3.8, 4) is 0 Å². The first-order valence-electron chi connectivity index (χ1n) is 6.86. The summed E-state index contributed by atoms with van der Waals surface area (Å²) in [6.07, 6.45) is 2.51. The van der Waals surface area contributed by atoms with Gasteiger partial charge in [0.2, 0.25) is 0 Å². The van der Waals surface area contributed by atoms with Crippen LogP contribution in [0.15, 0.2) is 18.2 Å². The SMILES string of the molecule is Cc1ccc(NC(=O)NCC(C)C2CC2)cc1C(=O)O. The molecule has 0 spiro atoms. The lowest BCUT2D eigenvalue weighted by Crippen LogP contribution is -2.32. The molecule has 1 aliphatic rings. The van der Waals surface area contributed by atoms with Crippen LogP contribution in [0.5, 0.6) is 0 Å². The molecular weight excluding hydrogens is 256 g/mol. The first kappa shape index (κ1) is 14.4. The normalized spacial score (nSPS) is 15.5. The maximum atomic E-state index is 11.8. The largest absolute Gasteiger partial charge is 0.478 e. The quantitative estimate of drug-likeness (QED) is 0.773. The molecule has 1 aromatic rings. The third-order valence-electron chi connectivity index (χ3n) is 3.74. The lowest BCUT2D eigenvalue weighted by molar-refractivity contribution is 0.0696. The fourth-order valence-electron chi connectivity index (χ4n) is 2.19. The van der Waals surface area contributed by atoms with E-state index in [-0.39, 0.29) is 11.6 Å². The smallest absolute Gasteiger partial charge is 0.336 e. The van der Waals surface area contributed by atoms with Gasteiger partial charge in [0.25, 0.3) is 0 Å². The Balaban J connectivity index is 1.90. The zero-order valence-corrected chi connectivity index (χ0v) is 11.8. The molecule has 0 aromatic heterocycles. The van der Waals surface area contributed by atoms with Gasteiger partial charge in [-0.05, 0) is 49.3 Å². The number of nitrogens with one attached hydrogen (secondary N) is 2. The van der Waals surface area contributed by atoms with Crippen LogP contribution in [0.3, 0.4) is 0 Å². The minimum absolute atomic E-state index is 0.203. The van der Waals surface area contributed by atoms with Crippen molar-refractivity contribution in [3.05, 3.63) is 29.3 Å². The molecule has 1 unspecified atom stereocenters. The van der Waals surface area contributed by atoms with Gasteiger partial charge >= 0.3 is 12.0 Å². The number of carbonyl (C=O) groups excluding carboxylic acids is 1. The first-order valence-corrected chi connectivity index (χ1v) is 6.86. The number of urea groups is 1. The summed E-state index contributed by atoms with van der Waals surface area (Å²) in [5, 5.41) is 14.5. The molecule has 0 aliphatic heterocycles. The van der Waals surface area contributed by atoms with E-state index in [2.05, 4.69) is 17.6 Å². The van der Waals surface area contributed by atoms with Crippen LogP contribution in [-0.2, 0) is 0 Å². The second-order valence-electron chi connectivity index (χ2n) is 5.48. The second kappa shape index (κ2) is 5.94. The number of anilines is 1. The van der Waals surface area contributed by atoms with Crippen LogP contribution in [0, 0.1) is 18.8 Å². The third kappa shape index (κ3) is 3.73. The Morgan fingerprint density at radius 1 is 1.40 bits per heavy atom. The van der Waals surface area contributed by atoms with Crippen LogP contribution in [0.2, 0.25) is 0 Å². The molecule has 1 aliphatic carbocycles. The van der Waals surface area contributed by atoms with E-state index in [4.69, 9.17) is 5.11 Å². The molecule has 2 amide bonds. The molecule has 0 saturated heterocycles. The minimum Gasteiger partial charge on any atom is -0.478 e. The number of amides is 2. The van der Waals surface area contributed by atoms with Gasteiger partial charge in [-0.2, -0.15) is 0 Å². The number of aryl methyl sites for hydroxylation is 1. The lowest BCUT2D eigenvalue weighted by Gasteiger charge is -2.13. The van der Waals surface area contributed by atoms with Crippen molar-refractivity contribution < 1.29 is 14.7 Å². The Morgan fingerprint density at radius 3 is 2.70 bits per heavy atom. The van der Waals surface area contributed by atoms with Gasteiger partial charge in [-0.3, -0.25) is 0 Å². The Labute approximate surface area is 118 Å². The molecule has 5 nitrogen and oxygen atoms in total. The highest BCUT2D eigenvalue weighted by Crippen LogP contribution is 2.36. The summed E-state index contributed by atoms with van der Waals surface area (Å²) in [6.45, 7) is 4.51. The molecule has 20 heavy (non-hydrogen) atoms. The number of carbonyl (C=O) groups is 2. The first-order chi connectivity index (χ1) is 9.47. The number of hydrogen-bond acceptors (Lipinski definition) is 2. The standard InChI is InChI=1S/C15H20N2O3/c1-9-3-6-12(7-13(9)14(18)19)17-15(20)16-8-10(2)11-4-5-11/h3,6-7,10-11H,4-5,8H2,1-2H3,(H,18,19)(H2,16,17,20). The van der Waals surface area contributed by atoms with Crippen LogP contribution >= 0.6 is 0 Å². The van der Waals surface area contributed by atoms with Crippen LogP contribution < -0.4 is 10.6 Å². The summed E-state index contributed by atoms with van der Waals surface area (Å²) in [4.78, 5) is 22.8. The molecular formula is C15H20N2O3. The van der Waals surface area contributed by atoms with Gasteiger partial charge in [-0.1, -0.05) is 13.0 Å². The van der Waals surface area contributed by atoms with Gasteiger partial charge in [-0.25, -0.2) is 9.59 Å². The molecule has 1 aromatic carbocycles. The van der Waals surface area contributed by atoms with E-state index in [9.17, 15) is 9.59 Å². The molecule has 0 bridgehead atoms. The molecule has 108 valence electrons. The van der Waals surface area contributed by atoms with Crippen molar-refractivity contribution >= 4 is 17.7 Å². The Hall–Kier alpha value is -2.04. The zero-order valence-electron chi connectivity index (χ0n) is 11.8. The molecule has 1 atom stereocenters. The highest BCUT2D eigenvalue weighted by molar-refractivity contribution is 5.94. The maximum absolute atomic E-state index is 11.8. The van der Waals surface area contributed by atoms with Gasteiger partial charge in [-0.15, -0.1) is 0 Å². The number of carboxylic acid groups (broad SMARTS) is 1. The number of rotatable bonds is 5. The topological polar surface area (TPSA) is 78.4 Å². The molecule has 5 heteroatoms. The van der Waals surface area contributed by atoms with Crippen molar-refractivity contribution in [2.45, 2.75) is 26.7 Å². The van der Waals surface area contributed by atoms with Gasteiger partial charge in [0, 0.05) is 12.2 Å². The highest BCUT2D eigenvalue weighted by atomic mass is 16.4. The summed E-state index contributed by atoms with van der Waals surface area (Å²) >= 11 is 0. The van der Waals surface area contributed by atoms with E-state index in [0.29, 0.717) is 23.7 Å². The second-order valence-corrected chi connectivity index (χ2v) is 5.48. The summed E-state index contributed by atoms with van der Waals surface area (Å²) in [7, 11) is 0. The van der Waals surface area contributed by atoms with Crippen molar-refractivity contribution in [2.24, 2.45) is 11.8 Å². The average molecular weight is 276 g/mol. The van der Waals surface area contributed by atoms with E-state index in [1.54, 1.807) is 19.1 Å². The van der Waals surface area contributed by atoms with Gasteiger partial charge in [0.05, 0.1) is 5.56 Å². The molecule has 1 fully saturated rings. The molecule has 1 saturated carbocycles. The predicted molar refractivity (Wildman–Crippen MR) is 77.0 cm³/mol. The maximum Gasteiger partial charge on any atom is 0.336 e. The zero-order chi connectivity index (χ0) is 14.7. The van der Waals surface area contributed by atoms with Crippen LogP contribution in [-0.4, -0.2) is 23.7 Å². The predicted octanol–water partition coefficient (Wildman–Crippen LogP) is 2.86. The van der Waals surface area contributed by atoms with Gasteiger partial charge < -0.3 is 15.7 Å². The summed E-state index contributed by atoms with van der Waals surface area (Å²) in [5.41, 5.74) is 1.37. The Bertz CT molecular complexity index is 524. The summed E-state index contributed by atoms with van der Waals surface area (Å²) in [6, 6.07) is 4.57. The van der Waals surface area contributed by atoms with Crippen molar-refractivity contribution in [1.29, 1.82) is 0 Å². The number of aromatic carboxylic acids is 1. The fourth-order valence-corrected chi connectivity index (χ4v) is 2.19. The van der Waals surface area contributed by atoms with Crippen LogP contribution in [0.4, 0.5) is 10.5 Å². The van der Waals surface area contributed by atoms with Crippen molar-refractivity contribution in [1.82, 2.24) is 5.32 Å². The van der Waals surface area contributed by atoms with Crippen molar-refractivity contribution in [3.63, 3.8) is 0 Å². The van der Waals surface area contributed by atoms with E-state index in [1.165, 1.54) is 18.9 Å². The molecule has 0 radical (unpaired) electrons. The van der Waals surface area contributed by atoms with Gasteiger partial charge in [0.1, 0.15) is 0 Å². The van der Waals surface area contributed by atoms with E-state index in [1.807, 2.05) is 0 Å². The molecule has 0 heterocycles. The van der Waals surface area contributed by atoms with E-state index in [0.717, 1.165) is 5.92 Å². The number of benzene rings is 1. The Kier molecular flexibility index (Phi) is 4.27. The lowest BCUT2D eigenvalue weighted by atomic mass is 10.1. The van der Waals surface area contributed by atoms with Crippen LogP contribution in [0.25, 0.3) is 0 Å². The fraction of sp³-hybridized carbons (Fsp3) is 0.467. The van der Waals surface area contributed by atoms with Gasteiger partial charge in [0.15, 0.2) is 0 Å². The highest BCUT2D eigenvalue weighted by Gasteiger charge is 2.27. The average Bonchev–Trinajstić information content (AvgIpc) is 3.22. The third-order valence-corrected chi connectivity index (χ3v) is 3.74. The van der Waals surface area contributed by atoms with E-state index < -0.39 is 5.97 Å². The number of carboxylic acids is 1. The monoisotopic (exact) mass is 276 g/mol.